The number of ether oxygens (including phenoxy) is 2. The first-order valence-corrected chi connectivity index (χ1v) is 7.30. The molecule has 2 aromatic carbocycles. The summed E-state index contributed by atoms with van der Waals surface area (Å²) in [4.78, 5) is 0. The van der Waals surface area contributed by atoms with E-state index in [1.165, 1.54) is 0 Å². The Morgan fingerprint density at radius 3 is 1.39 bits per heavy atom. The van der Waals surface area contributed by atoms with Crippen molar-refractivity contribution in [2.75, 3.05) is 0 Å². The summed E-state index contributed by atoms with van der Waals surface area (Å²) in [5.41, 5.74) is 0. The Morgan fingerprint density at radius 1 is 0.667 bits per heavy atom. The lowest BCUT2D eigenvalue weighted by Crippen LogP contribution is -2.30. The van der Waals surface area contributed by atoms with Gasteiger partial charge in [0.25, 0.3) is 6.29 Å². The Morgan fingerprint density at radius 2 is 1.06 bits per heavy atom. The van der Waals surface area contributed by atoms with Crippen molar-refractivity contribution in [1.29, 1.82) is 0 Å². The normalized spacial score (nSPS) is 10.7. The summed E-state index contributed by atoms with van der Waals surface area (Å²) < 4.78 is 11.4. The van der Waals surface area contributed by atoms with Gasteiger partial charge in [-0.3, -0.25) is 0 Å². The maximum atomic E-state index is 5.76. The Labute approximate surface area is 123 Å². The standard InChI is InChI=1S/C14H12Br2O2/c15-13(16)14(17-11-7-3-1-4-8-11)18-12-9-5-2-6-10-12/h1-10,13-14H. The van der Waals surface area contributed by atoms with Crippen molar-refractivity contribution in [2.45, 2.75) is 10.0 Å². The van der Waals surface area contributed by atoms with E-state index < -0.39 is 6.29 Å². The second-order valence-corrected chi connectivity index (χ2v) is 6.77. The van der Waals surface area contributed by atoms with Crippen molar-refractivity contribution in [2.24, 2.45) is 0 Å². The first-order chi connectivity index (χ1) is 8.75. The highest BCUT2D eigenvalue weighted by Gasteiger charge is 2.19. The zero-order valence-corrected chi connectivity index (χ0v) is 12.7. The van der Waals surface area contributed by atoms with E-state index in [9.17, 15) is 0 Å². The smallest absolute Gasteiger partial charge is 0.263 e. The van der Waals surface area contributed by atoms with Gasteiger partial charge in [-0.05, 0) is 24.3 Å². The minimum absolute atomic E-state index is 0.106. The van der Waals surface area contributed by atoms with E-state index in [4.69, 9.17) is 9.47 Å². The SMILES string of the molecule is BrC(Br)C(Oc1ccccc1)Oc1ccccc1. The van der Waals surface area contributed by atoms with Gasteiger partial charge in [-0.1, -0.05) is 68.3 Å². The van der Waals surface area contributed by atoms with Gasteiger partial charge in [0.1, 0.15) is 15.2 Å². The molecule has 0 heterocycles. The molecule has 4 heteroatoms. The molecule has 18 heavy (non-hydrogen) atoms. The Hall–Kier alpha value is -1.00. The molecule has 0 unspecified atom stereocenters. The molecule has 2 aromatic rings. The van der Waals surface area contributed by atoms with Crippen LogP contribution in [0.4, 0.5) is 0 Å². The number of halogens is 2. The average Bonchev–Trinajstić information content (AvgIpc) is 2.40. The lowest BCUT2D eigenvalue weighted by Gasteiger charge is -2.21. The van der Waals surface area contributed by atoms with Crippen molar-refractivity contribution in [1.82, 2.24) is 0 Å². The third-order valence-corrected chi connectivity index (χ3v) is 3.06. The van der Waals surface area contributed by atoms with Gasteiger partial charge in [0.15, 0.2) is 0 Å². The van der Waals surface area contributed by atoms with E-state index in [2.05, 4.69) is 31.9 Å². The molecule has 0 atom stereocenters. The van der Waals surface area contributed by atoms with Crippen LogP contribution in [0.2, 0.25) is 0 Å². The summed E-state index contributed by atoms with van der Waals surface area (Å²) >= 11 is 6.84. The van der Waals surface area contributed by atoms with Crippen LogP contribution in [0, 0.1) is 0 Å². The van der Waals surface area contributed by atoms with Crippen molar-refractivity contribution in [3.8, 4) is 11.5 Å². The van der Waals surface area contributed by atoms with E-state index in [1.807, 2.05) is 60.7 Å². The minimum Gasteiger partial charge on any atom is -0.453 e. The maximum Gasteiger partial charge on any atom is 0.263 e. The number of hydrogen-bond donors (Lipinski definition) is 0. The quantitative estimate of drug-likeness (QED) is 0.565. The highest BCUT2D eigenvalue weighted by molar-refractivity contribution is 9.24. The molecule has 94 valence electrons. The monoisotopic (exact) mass is 370 g/mol. The van der Waals surface area contributed by atoms with Crippen LogP contribution in [0.25, 0.3) is 0 Å². The fourth-order valence-electron chi connectivity index (χ4n) is 1.39. The molecule has 2 nitrogen and oxygen atoms in total. The molecule has 0 aliphatic rings. The van der Waals surface area contributed by atoms with Gasteiger partial charge < -0.3 is 9.47 Å². The molecule has 0 aromatic heterocycles. The summed E-state index contributed by atoms with van der Waals surface area (Å²) in [5, 5.41) is 0. The van der Waals surface area contributed by atoms with Gasteiger partial charge >= 0.3 is 0 Å². The summed E-state index contributed by atoms with van der Waals surface area (Å²) in [5.74, 6) is 1.53. The van der Waals surface area contributed by atoms with Gasteiger partial charge in [-0.15, -0.1) is 0 Å². The first kappa shape index (κ1) is 13.4. The molecule has 2 rings (SSSR count). The molecule has 0 saturated heterocycles. The third kappa shape index (κ3) is 4.03. The fourth-order valence-corrected chi connectivity index (χ4v) is 1.82. The Kier molecular flexibility index (Phi) is 5.08. The topological polar surface area (TPSA) is 18.5 Å². The number of para-hydroxylation sites is 2. The largest absolute Gasteiger partial charge is 0.453 e. The highest BCUT2D eigenvalue weighted by Crippen LogP contribution is 2.23. The van der Waals surface area contributed by atoms with Crippen LogP contribution in [-0.4, -0.2) is 10.0 Å². The summed E-state index contributed by atoms with van der Waals surface area (Å²) in [6.45, 7) is 0. The van der Waals surface area contributed by atoms with E-state index >= 15 is 0 Å². The van der Waals surface area contributed by atoms with E-state index in [1.54, 1.807) is 0 Å². The van der Waals surface area contributed by atoms with Crippen LogP contribution in [-0.2, 0) is 0 Å². The predicted molar refractivity (Wildman–Crippen MR) is 79.6 cm³/mol. The van der Waals surface area contributed by atoms with Crippen LogP contribution in [0.1, 0.15) is 0 Å². The van der Waals surface area contributed by atoms with Crippen LogP contribution in [0.5, 0.6) is 11.5 Å². The molecule has 0 spiro atoms. The highest BCUT2D eigenvalue weighted by atomic mass is 79.9. The zero-order chi connectivity index (χ0) is 12.8. The van der Waals surface area contributed by atoms with Gasteiger partial charge in [-0.2, -0.15) is 0 Å². The lowest BCUT2D eigenvalue weighted by molar-refractivity contribution is 0.0224. The molecule has 0 aliphatic carbocycles. The number of rotatable bonds is 5. The van der Waals surface area contributed by atoms with E-state index in [-0.39, 0.29) is 3.74 Å². The average molecular weight is 372 g/mol. The van der Waals surface area contributed by atoms with Crippen LogP contribution in [0.15, 0.2) is 60.7 Å². The molecule has 0 aliphatic heterocycles. The molecular formula is C14H12Br2O2. The molecule has 0 bridgehead atoms. The molecule has 0 fully saturated rings. The fraction of sp³-hybridized carbons (Fsp3) is 0.143. The van der Waals surface area contributed by atoms with Crippen LogP contribution >= 0.6 is 31.9 Å². The summed E-state index contributed by atoms with van der Waals surface area (Å²) in [6.07, 6.45) is -0.449. The number of hydrogen-bond acceptors (Lipinski definition) is 2. The Bertz CT molecular complexity index is 418. The zero-order valence-electron chi connectivity index (χ0n) is 9.50. The third-order valence-electron chi connectivity index (χ3n) is 2.20. The molecule has 0 radical (unpaired) electrons. The molecule has 0 N–H and O–H groups in total. The van der Waals surface area contributed by atoms with Gasteiger partial charge in [0.05, 0.1) is 0 Å². The van der Waals surface area contributed by atoms with E-state index in [0.717, 1.165) is 11.5 Å². The first-order valence-electron chi connectivity index (χ1n) is 5.47. The van der Waals surface area contributed by atoms with Crippen molar-refractivity contribution in [3.63, 3.8) is 0 Å². The molecular weight excluding hydrogens is 360 g/mol. The predicted octanol–water partition coefficient (Wildman–Crippen LogP) is 4.59. The maximum absolute atomic E-state index is 5.76. The van der Waals surface area contributed by atoms with Gasteiger partial charge in [0.2, 0.25) is 0 Å². The van der Waals surface area contributed by atoms with Crippen molar-refractivity contribution < 1.29 is 9.47 Å². The van der Waals surface area contributed by atoms with Crippen molar-refractivity contribution >= 4 is 31.9 Å². The summed E-state index contributed by atoms with van der Waals surface area (Å²) in [7, 11) is 0. The second kappa shape index (κ2) is 6.81. The minimum atomic E-state index is -0.449. The van der Waals surface area contributed by atoms with Gasteiger partial charge in [-0.25, -0.2) is 0 Å². The van der Waals surface area contributed by atoms with Gasteiger partial charge in [0, 0.05) is 0 Å². The molecule has 0 amide bonds. The number of benzene rings is 2. The van der Waals surface area contributed by atoms with Crippen LogP contribution < -0.4 is 9.47 Å². The summed E-state index contributed by atoms with van der Waals surface area (Å²) in [6, 6.07) is 19.2. The molecule has 0 saturated carbocycles. The van der Waals surface area contributed by atoms with Crippen molar-refractivity contribution in [3.05, 3.63) is 60.7 Å². The number of alkyl halides is 2. The van der Waals surface area contributed by atoms with Crippen LogP contribution in [0.3, 0.4) is 0 Å². The second-order valence-electron chi connectivity index (χ2n) is 3.56. The van der Waals surface area contributed by atoms with E-state index in [0.29, 0.717) is 0 Å². The Balaban J connectivity index is 2.05. The lowest BCUT2D eigenvalue weighted by atomic mass is 10.3.